The van der Waals surface area contributed by atoms with Gasteiger partial charge in [-0.1, -0.05) is 19.1 Å². The van der Waals surface area contributed by atoms with E-state index in [0.717, 1.165) is 12.8 Å². The van der Waals surface area contributed by atoms with Gasteiger partial charge in [-0.15, -0.1) is 0 Å². The number of carbonyl (C=O) groups is 2. The minimum Gasteiger partial charge on any atom is -0.341 e. The normalized spacial score (nSPS) is 20.9. The van der Waals surface area contributed by atoms with Crippen LogP contribution in [0.2, 0.25) is 0 Å². The molecule has 24 heavy (non-hydrogen) atoms. The van der Waals surface area contributed by atoms with Crippen molar-refractivity contribution in [1.29, 1.82) is 0 Å². The van der Waals surface area contributed by atoms with Crippen molar-refractivity contribution in [3.05, 3.63) is 24.3 Å². The zero-order valence-corrected chi connectivity index (χ0v) is 14.6. The van der Waals surface area contributed by atoms with Crippen LogP contribution in [-0.2, 0) is 14.8 Å². The monoisotopic (exact) mass is 351 g/mol. The van der Waals surface area contributed by atoms with E-state index in [0.29, 0.717) is 29.0 Å². The summed E-state index contributed by atoms with van der Waals surface area (Å²) in [5.41, 5.74) is 0.331. The van der Waals surface area contributed by atoms with Gasteiger partial charge in [-0.2, -0.15) is 0 Å². The molecule has 3 rings (SSSR count). The highest BCUT2D eigenvalue weighted by Crippen LogP contribution is 2.33. The fraction of sp³-hybridized carbons (Fsp3) is 0.500. The quantitative estimate of drug-likeness (QED) is 0.809. The highest BCUT2D eigenvalue weighted by atomic mass is 32.2. The Balaban J connectivity index is 1.86. The number of benzene rings is 1. The molecule has 2 aliphatic rings. The lowest BCUT2D eigenvalue weighted by atomic mass is 9.99. The summed E-state index contributed by atoms with van der Waals surface area (Å²) in [7, 11) is -2.51. The van der Waals surface area contributed by atoms with E-state index in [2.05, 4.69) is 6.92 Å². The Morgan fingerprint density at radius 3 is 2.50 bits per heavy atom. The molecule has 0 unspecified atom stereocenters. The highest BCUT2D eigenvalue weighted by molar-refractivity contribution is 7.90. The largest absolute Gasteiger partial charge is 0.341 e. The van der Waals surface area contributed by atoms with Gasteiger partial charge in [-0.25, -0.2) is 17.5 Å². The van der Waals surface area contributed by atoms with E-state index in [4.69, 9.17) is 0 Å². The van der Waals surface area contributed by atoms with Crippen LogP contribution in [-0.4, -0.2) is 56.2 Å². The number of likely N-dealkylation sites (tertiary alicyclic amines) is 1. The van der Waals surface area contributed by atoms with Gasteiger partial charge in [0.2, 0.25) is 5.91 Å². The lowest BCUT2D eigenvalue weighted by Gasteiger charge is -2.36. The summed E-state index contributed by atoms with van der Waals surface area (Å²) in [4.78, 5) is 27.9. The second-order valence-electron chi connectivity index (χ2n) is 6.38. The minimum absolute atomic E-state index is 0.0483. The van der Waals surface area contributed by atoms with Gasteiger partial charge < -0.3 is 4.90 Å². The van der Waals surface area contributed by atoms with Gasteiger partial charge in [0.05, 0.1) is 5.69 Å². The van der Waals surface area contributed by atoms with Crippen molar-refractivity contribution in [1.82, 2.24) is 9.21 Å². The van der Waals surface area contributed by atoms with E-state index in [-0.39, 0.29) is 10.8 Å². The van der Waals surface area contributed by atoms with Crippen molar-refractivity contribution in [2.75, 3.05) is 31.6 Å². The number of urea groups is 1. The van der Waals surface area contributed by atoms with Crippen molar-refractivity contribution in [2.24, 2.45) is 5.92 Å². The highest BCUT2D eigenvalue weighted by Gasteiger charge is 2.41. The SMILES string of the molecule is CC1CCN(C(=O)CN2C(=O)N(C)c3ccccc3S2(=O)=O)CC1. The molecule has 1 saturated heterocycles. The molecule has 0 aliphatic carbocycles. The van der Waals surface area contributed by atoms with Gasteiger partial charge in [0, 0.05) is 20.1 Å². The Morgan fingerprint density at radius 2 is 1.83 bits per heavy atom. The van der Waals surface area contributed by atoms with E-state index in [1.54, 1.807) is 23.1 Å². The Labute approximate surface area is 141 Å². The van der Waals surface area contributed by atoms with Gasteiger partial charge in [0.25, 0.3) is 10.0 Å². The van der Waals surface area contributed by atoms with Crippen LogP contribution in [0.25, 0.3) is 0 Å². The van der Waals surface area contributed by atoms with Gasteiger partial charge in [0.15, 0.2) is 0 Å². The number of hydrogen-bond donors (Lipinski definition) is 0. The lowest BCUT2D eigenvalue weighted by molar-refractivity contribution is -0.132. The molecule has 0 aromatic heterocycles. The average molecular weight is 351 g/mol. The molecular formula is C16H21N3O4S. The topological polar surface area (TPSA) is 78.0 Å². The van der Waals surface area contributed by atoms with Crippen molar-refractivity contribution >= 4 is 27.6 Å². The second kappa shape index (κ2) is 6.08. The fourth-order valence-corrected chi connectivity index (χ4v) is 4.64. The van der Waals surface area contributed by atoms with Gasteiger partial charge in [-0.3, -0.25) is 9.69 Å². The predicted molar refractivity (Wildman–Crippen MR) is 89.1 cm³/mol. The van der Waals surface area contributed by atoms with Crippen LogP contribution >= 0.6 is 0 Å². The number of sulfonamides is 1. The number of anilines is 1. The van der Waals surface area contributed by atoms with Gasteiger partial charge >= 0.3 is 6.03 Å². The summed E-state index contributed by atoms with van der Waals surface area (Å²) < 4.78 is 26.2. The summed E-state index contributed by atoms with van der Waals surface area (Å²) in [6, 6.07) is 5.61. The molecule has 0 bridgehead atoms. The molecule has 0 radical (unpaired) electrons. The van der Waals surface area contributed by atoms with Crippen molar-refractivity contribution in [2.45, 2.75) is 24.7 Å². The summed E-state index contributed by atoms with van der Waals surface area (Å²) in [5.74, 6) is 0.235. The number of carbonyl (C=O) groups excluding carboxylic acids is 2. The van der Waals surface area contributed by atoms with Crippen molar-refractivity contribution < 1.29 is 18.0 Å². The maximum atomic E-state index is 12.7. The number of para-hydroxylation sites is 1. The average Bonchev–Trinajstić information content (AvgIpc) is 2.57. The third kappa shape index (κ3) is 2.75. The first-order valence-electron chi connectivity index (χ1n) is 7.99. The Kier molecular flexibility index (Phi) is 4.25. The van der Waals surface area contributed by atoms with Crippen molar-refractivity contribution in [3.63, 3.8) is 0 Å². The van der Waals surface area contributed by atoms with Crippen LogP contribution in [0.4, 0.5) is 10.5 Å². The number of fused-ring (bicyclic) bond motifs is 1. The molecule has 1 aromatic carbocycles. The van der Waals surface area contributed by atoms with E-state index in [1.807, 2.05) is 0 Å². The molecule has 7 nitrogen and oxygen atoms in total. The lowest BCUT2D eigenvalue weighted by Crippen LogP contribution is -2.53. The van der Waals surface area contributed by atoms with Gasteiger partial charge in [0.1, 0.15) is 11.4 Å². The van der Waals surface area contributed by atoms with E-state index < -0.39 is 22.6 Å². The summed E-state index contributed by atoms with van der Waals surface area (Å²) >= 11 is 0. The molecule has 0 atom stereocenters. The summed E-state index contributed by atoms with van der Waals surface area (Å²) in [6.45, 7) is 2.89. The Bertz CT molecular complexity index is 769. The molecule has 2 aliphatic heterocycles. The van der Waals surface area contributed by atoms with Gasteiger partial charge in [-0.05, 0) is 30.9 Å². The first kappa shape index (κ1) is 16.8. The van der Waals surface area contributed by atoms with Crippen LogP contribution in [0, 0.1) is 5.92 Å². The standard InChI is InChI=1S/C16H21N3O4S/c1-12-7-9-18(10-8-12)15(20)11-19-16(21)17(2)13-5-3-4-6-14(13)24(19,22)23/h3-6,12H,7-11H2,1-2H3. The smallest absolute Gasteiger partial charge is 0.338 e. The molecule has 0 saturated carbocycles. The molecule has 0 spiro atoms. The van der Waals surface area contributed by atoms with Crippen LogP contribution in [0.5, 0.6) is 0 Å². The van der Waals surface area contributed by atoms with Crippen LogP contribution in [0.15, 0.2) is 29.2 Å². The minimum atomic E-state index is -4.01. The second-order valence-corrected chi connectivity index (χ2v) is 8.22. The van der Waals surface area contributed by atoms with E-state index >= 15 is 0 Å². The third-order valence-corrected chi connectivity index (χ3v) is 6.48. The molecule has 1 fully saturated rings. The van der Waals surface area contributed by atoms with Crippen LogP contribution < -0.4 is 4.90 Å². The number of hydrogen-bond acceptors (Lipinski definition) is 4. The third-order valence-electron chi connectivity index (χ3n) is 4.71. The summed E-state index contributed by atoms with van der Waals surface area (Å²) in [6.07, 6.45) is 1.80. The van der Waals surface area contributed by atoms with E-state index in [9.17, 15) is 18.0 Å². The Morgan fingerprint density at radius 1 is 1.21 bits per heavy atom. The first-order chi connectivity index (χ1) is 11.3. The maximum absolute atomic E-state index is 12.7. The molecule has 1 aromatic rings. The first-order valence-corrected chi connectivity index (χ1v) is 9.43. The molecule has 2 heterocycles. The molecular weight excluding hydrogens is 330 g/mol. The summed E-state index contributed by atoms with van der Waals surface area (Å²) in [5, 5.41) is 0. The number of piperidine rings is 1. The maximum Gasteiger partial charge on any atom is 0.338 e. The fourth-order valence-electron chi connectivity index (χ4n) is 3.08. The molecule has 3 amide bonds. The number of amides is 3. The number of nitrogens with zero attached hydrogens (tertiary/aromatic N) is 3. The molecule has 8 heteroatoms. The van der Waals surface area contributed by atoms with E-state index in [1.165, 1.54) is 18.0 Å². The van der Waals surface area contributed by atoms with Crippen molar-refractivity contribution in [3.8, 4) is 0 Å². The predicted octanol–water partition coefficient (Wildman–Crippen LogP) is 1.51. The number of rotatable bonds is 2. The molecule has 130 valence electrons. The zero-order chi connectivity index (χ0) is 17.5. The van der Waals surface area contributed by atoms with Crippen LogP contribution in [0.1, 0.15) is 19.8 Å². The molecule has 0 N–H and O–H groups in total. The zero-order valence-electron chi connectivity index (χ0n) is 13.8. The Hall–Kier alpha value is -2.09. The van der Waals surface area contributed by atoms with Crippen LogP contribution in [0.3, 0.4) is 0 Å².